The Morgan fingerprint density at radius 3 is 3.00 bits per heavy atom. The van der Waals surface area contributed by atoms with E-state index in [1.165, 1.54) is 5.56 Å². The molecule has 3 rings (SSSR count). The zero-order valence-corrected chi connectivity index (χ0v) is 11.7. The molecule has 20 heavy (non-hydrogen) atoms. The standard InChI is InChI=1S/C14H18N4O2/c1-10(15-6-5-14-17-16-8-18(14)2)11-3-4-12-13(7-11)20-9-19-12/h3-4,7-8,10,15H,5-6,9H2,1-2H3. The molecule has 1 N–H and O–H groups in total. The molecule has 106 valence electrons. The van der Waals surface area contributed by atoms with Crippen molar-refractivity contribution in [2.45, 2.75) is 19.4 Å². The number of nitrogens with one attached hydrogen (secondary N) is 1. The molecule has 1 aliphatic rings. The maximum atomic E-state index is 5.40. The molecule has 1 unspecified atom stereocenters. The van der Waals surface area contributed by atoms with Crippen molar-refractivity contribution >= 4 is 0 Å². The lowest BCUT2D eigenvalue weighted by Gasteiger charge is -2.14. The summed E-state index contributed by atoms with van der Waals surface area (Å²) in [6, 6.07) is 6.30. The van der Waals surface area contributed by atoms with Crippen LogP contribution in [0, 0.1) is 0 Å². The van der Waals surface area contributed by atoms with Gasteiger partial charge in [0, 0.05) is 26.1 Å². The molecule has 1 aromatic heterocycles. The number of ether oxygens (including phenoxy) is 2. The van der Waals surface area contributed by atoms with Gasteiger partial charge in [-0.3, -0.25) is 0 Å². The summed E-state index contributed by atoms with van der Waals surface area (Å²) in [7, 11) is 1.95. The summed E-state index contributed by atoms with van der Waals surface area (Å²) in [5, 5.41) is 11.4. The highest BCUT2D eigenvalue weighted by molar-refractivity contribution is 5.45. The molecule has 0 aliphatic carbocycles. The molecule has 1 atom stereocenters. The average molecular weight is 274 g/mol. The number of benzene rings is 1. The van der Waals surface area contributed by atoms with Crippen molar-refractivity contribution in [2.75, 3.05) is 13.3 Å². The second kappa shape index (κ2) is 5.50. The smallest absolute Gasteiger partial charge is 0.231 e. The lowest BCUT2D eigenvalue weighted by atomic mass is 10.1. The Morgan fingerprint density at radius 1 is 1.35 bits per heavy atom. The molecule has 0 fully saturated rings. The Morgan fingerprint density at radius 2 is 2.20 bits per heavy atom. The Balaban J connectivity index is 1.56. The Labute approximate surface area is 117 Å². The van der Waals surface area contributed by atoms with Crippen molar-refractivity contribution in [1.82, 2.24) is 20.1 Å². The van der Waals surface area contributed by atoms with Crippen LogP contribution in [0.15, 0.2) is 24.5 Å². The van der Waals surface area contributed by atoms with Crippen LogP contribution in [0.1, 0.15) is 24.4 Å². The van der Waals surface area contributed by atoms with Gasteiger partial charge in [0.05, 0.1) is 0 Å². The van der Waals surface area contributed by atoms with Gasteiger partial charge in [-0.25, -0.2) is 0 Å². The number of hydrogen-bond acceptors (Lipinski definition) is 5. The van der Waals surface area contributed by atoms with E-state index in [1.807, 2.05) is 23.7 Å². The highest BCUT2D eigenvalue weighted by Crippen LogP contribution is 2.34. The van der Waals surface area contributed by atoms with E-state index < -0.39 is 0 Å². The first-order chi connectivity index (χ1) is 9.74. The Hall–Kier alpha value is -2.08. The highest BCUT2D eigenvalue weighted by Gasteiger charge is 2.15. The van der Waals surface area contributed by atoms with Crippen LogP contribution in [0.25, 0.3) is 0 Å². The maximum absolute atomic E-state index is 5.40. The van der Waals surface area contributed by atoms with Gasteiger partial charge in [0.15, 0.2) is 11.5 Å². The van der Waals surface area contributed by atoms with Gasteiger partial charge in [-0.2, -0.15) is 0 Å². The summed E-state index contributed by atoms with van der Waals surface area (Å²) in [5.41, 5.74) is 1.19. The number of rotatable bonds is 5. The minimum absolute atomic E-state index is 0.248. The fourth-order valence-electron chi connectivity index (χ4n) is 2.23. The molecule has 0 radical (unpaired) electrons. The minimum Gasteiger partial charge on any atom is -0.454 e. The SMILES string of the molecule is CC(NCCc1nncn1C)c1ccc2c(c1)OCO2. The number of nitrogens with zero attached hydrogens (tertiary/aromatic N) is 3. The normalized spacial score (nSPS) is 14.5. The van der Waals surface area contributed by atoms with Crippen LogP contribution in [0.2, 0.25) is 0 Å². The fraction of sp³-hybridized carbons (Fsp3) is 0.429. The molecule has 6 nitrogen and oxygen atoms in total. The van der Waals surface area contributed by atoms with Crippen molar-refractivity contribution in [3.05, 3.63) is 35.9 Å². The number of aromatic nitrogens is 3. The van der Waals surface area contributed by atoms with Crippen LogP contribution >= 0.6 is 0 Å². The predicted octanol–water partition coefficient (Wildman–Crippen LogP) is 1.44. The molecular formula is C14H18N4O2. The zero-order valence-electron chi connectivity index (χ0n) is 11.7. The maximum Gasteiger partial charge on any atom is 0.231 e. The van der Waals surface area contributed by atoms with Gasteiger partial charge < -0.3 is 19.4 Å². The van der Waals surface area contributed by atoms with Crippen LogP contribution in [0.3, 0.4) is 0 Å². The second-order valence-electron chi connectivity index (χ2n) is 4.90. The Kier molecular flexibility index (Phi) is 3.56. The topological polar surface area (TPSA) is 61.2 Å². The van der Waals surface area contributed by atoms with E-state index in [9.17, 15) is 0 Å². The first-order valence-corrected chi connectivity index (χ1v) is 6.70. The van der Waals surface area contributed by atoms with Gasteiger partial charge in [-0.1, -0.05) is 6.07 Å². The summed E-state index contributed by atoms with van der Waals surface area (Å²) in [6.07, 6.45) is 2.57. The fourth-order valence-corrected chi connectivity index (χ4v) is 2.23. The van der Waals surface area contributed by atoms with E-state index in [0.717, 1.165) is 30.3 Å². The molecule has 0 amide bonds. The quantitative estimate of drug-likeness (QED) is 0.894. The minimum atomic E-state index is 0.248. The zero-order chi connectivity index (χ0) is 13.9. The molecule has 0 saturated carbocycles. The van der Waals surface area contributed by atoms with E-state index in [0.29, 0.717) is 6.79 Å². The van der Waals surface area contributed by atoms with Crippen molar-refractivity contribution in [3.8, 4) is 11.5 Å². The molecule has 0 spiro atoms. The third-order valence-electron chi connectivity index (χ3n) is 3.50. The van der Waals surface area contributed by atoms with Crippen molar-refractivity contribution in [1.29, 1.82) is 0 Å². The highest BCUT2D eigenvalue weighted by atomic mass is 16.7. The molecule has 1 aromatic carbocycles. The van der Waals surface area contributed by atoms with Crippen molar-refractivity contribution in [3.63, 3.8) is 0 Å². The summed E-state index contributed by atoms with van der Waals surface area (Å²) in [4.78, 5) is 0. The summed E-state index contributed by atoms with van der Waals surface area (Å²) >= 11 is 0. The number of hydrogen-bond donors (Lipinski definition) is 1. The van der Waals surface area contributed by atoms with Gasteiger partial charge in [0.1, 0.15) is 12.2 Å². The summed E-state index contributed by atoms with van der Waals surface area (Å²) < 4.78 is 12.7. The third-order valence-corrected chi connectivity index (χ3v) is 3.50. The summed E-state index contributed by atoms with van der Waals surface area (Å²) in [5.74, 6) is 2.62. The predicted molar refractivity (Wildman–Crippen MR) is 73.7 cm³/mol. The van der Waals surface area contributed by atoms with E-state index in [1.54, 1.807) is 6.33 Å². The van der Waals surface area contributed by atoms with Crippen molar-refractivity contribution in [2.24, 2.45) is 7.05 Å². The number of fused-ring (bicyclic) bond motifs is 1. The average Bonchev–Trinajstić information content (AvgIpc) is 3.07. The summed E-state index contributed by atoms with van der Waals surface area (Å²) in [6.45, 7) is 3.29. The van der Waals surface area contributed by atoms with Gasteiger partial charge in [-0.15, -0.1) is 10.2 Å². The van der Waals surface area contributed by atoms with E-state index in [2.05, 4.69) is 28.5 Å². The molecule has 6 heteroatoms. The molecule has 0 saturated heterocycles. The molecule has 1 aliphatic heterocycles. The van der Waals surface area contributed by atoms with Gasteiger partial charge in [-0.05, 0) is 24.6 Å². The van der Waals surface area contributed by atoms with Crippen LogP contribution in [0.5, 0.6) is 11.5 Å². The van der Waals surface area contributed by atoms with Crippen LogP contribution in [0.4, 0.5) is 0 Å². The lowest BCUT2D eigenvalue weighted by Crippen LogP contribution is -2.22. The molecular weight excluding hydrogens is 256 g/mol. The van der Waals surface area contributed by atoms with Crippen molar-refractivity contribution < 1.29 is 9.47 Å². The monoisotopic (exact) mass is 274 g/mol. The third kappa shape index (κ3) is 2.60. The first kappa shape index (κ1) is 12.9. The van der Waals surface area contributed by atoms with E-state index >= 15 is 0 Å². The second-order valence-corrected chi connectivity index (χ2v) is 4.90. The van der Waals surface area contributed by atoms with E-state index in [-0.39, 0.29) is 6.04 Å². The van der Waals surface area contributed by atoms with Crippen LogP contribution in [-0.2, 0) is 13.5 Å². The van der Waals surface area contributed by atoms with Crippen LogP contribution in [-0.4, -0.2) is 28.1 Å². The molecule has 0 bridgehead atoms. The van der Waals surface area contributed by atoms with Gasteiger partial charge in [0.25, 0.3) is 0 Å². The Bertz CT molecular complexity index is 597. The molecule has 2 aromatic rings. The molecule has 2 heterocycles. The van der Waals surface area contributed by atoms with Crippen LogP contribution < -0.4 is 14.8 Å². The number of aryl methyl sites for hydroxylation is 1. The first-order valence-electron chi connectivity index (χ1n) is 6.70. The van der Waals surface area contributed by atoms with Gasteiger partial charge >= 0.3 is 0 Å². The van der Waals surface area contributed by atoms with E-state index in [4.69, 9.17) is 9.47 Å². The lowest BCUT2D eigenvalue weighted by molar-refractivity contribution is 0.174. The van der Waals surface area contributed by atoms with Gasteiger partial charge in [0.2, 0.25) is 6.79 Å². The largest absolute Gasteiger partial charge is 0.454 e.